The lowest BCUT2D eigenvalue weighted by molar-refractivity contribution is -0.140. The van der Waals surface area contributed by atoms with Crippen molar-refractivity contribution in [1.82, 2.24) is 0 Å². The number of ether oxygens (including phenoxy) is 1. The summed E-state index contributed by atoms with van der Waals surface area (Å²) in [5, 5.41) is 11.2. The van der Waals surface area contributed by atoms with E-state index in [2.05, 4.69) is 17.0 Å². The smallest absolute Gasteiger partial charge is 0.341 e. The summed E-state index contributed by atoms with van der Waals surface area (Å²) in [6.45, 7) is 1.84. The van der Waals surface area contributed by atoms with E-state index in [9.17, 15) is 18.0 Å². The standard InChI is InChI=1S/C24H39NO6S/c1-3-4-5-6-7-8-9-10-11-12-13-22(32(2,29)30)18-25-21-16-14-20(15-17-21)24(28)31-19-23(26)27/h14-17,22,25H,3-13,18-19H2,1-2H3,(H,26,27). The first-order valence-corrected chi connectivity index (χ1v) is 13.6. The number of carbonyl (C=O) groups is 2. The van der Waals surface area contributed by atoms with Gasteiger partial charge in [0.05, 0.1) is 10.8 Å². The molecule has 0 fully saturated rings. The molecule has 0 radical (unpaired) electrons. The number of benzene rings is 1. The molecular formula is C24H39NO6S. The molecule has 0 bridgehead atoms. The SMILES string of the molecule is CCCCCCCCCCCCC(CNc1ccc(C(=O)OCC(=O)O)cc1)S(C)(=O)=O. The monoisotopic (exact) mass is 469 g/mol. The minimum atomic E-state index is -3.17. The molecule has 0 aliphatic heterocycles. The lowest BCUT2D eigenvalue weighted by Crippen LogP contribution is -2.28. The Labute approximate surface area is 192 Å². The Bertz CT molecular complexity index is 776. The largest absolute Gasteiger partial charge is 0.479 e. The van der Waals surface area contributed by atoms with Crippen molar-refractivity contribution in [2.75, 3.05) is 24.7 Å². The number of nitrogens with one attached hydrogen (secondary N) is 1. The van der Waals surface area contributed by atoms with Crippen LogP contribution in [0.15, 0.2) is 24.3 Å². The van der Waals surface area contributed by atoms with Crippen LogP contribution < -0.4 is 5.32 Å². The summed E-state index contributed by atoms with van der Waals surface area (Å²) in [7, 11) is -3.17. The van der Waals surface area contributed by atoms with Crippen LogP contribution in [-0.4, -0.2) is 50.1 Å². The van der Waals surface area contributed by atoms with E-state index < -0.39 is 33.6 Å². The molecule has 0 spiro atoms. The Balaban J connectivity index is 2.35. The maximum atomic E-state index is 12.2. The molecule has 1 rings (SSSR count). The van der Waals surface area contributed by atoms with Gasteiger partial charge >= 0.3 is 11.9 Å². The lowest BCUT2D eigenvalue weighted by Gasteiger charge is -2.17. The molecule has 1 unspecified atom stereocenters. The summed E-state index contributed by atoms with van der Waals surface area (Å²) in [6.07, 6.45) is 14.0. The maximum absolute atomic E-state index is 12.2. The molecule has 0 aliphatic carbocycles. The lowest BCUT2D eigenvalue weighted by atomic mass is 10.1. The first-order chi connectivity index (χ1) is 15.2. The van der Waals surface area contributed by atoms with Gasteiger partial charge in [-0.3, -0.25) is 0 Å². The third kappa shape index (κ3) is 12.7. The quantitative estimate of drug-likeness (QED) is 0.228. The number of rotatable bonds is 18. The number of carboxylic acids is 1. The molecule has 182 valence electrons. The summed E-state index contributed by atoms with van der Waals surface area (Å²) in [4.78, 5) is 22.2. The first kappa shape index (κ1) is 27.9. The van der Waals surface area contributed by atoms with Crippen LogP contribution in [0.1, 0.15) is 87.9 Å². The molecular weight excluding hydrogens is 430 g/mol. The average Bonchev–Trinajstić information content (AvgIpc) is 2.74. The summed E-state index contributed by atoms with van der Waals surface area (Å²) in [5.41, 5.74) is 0.929. The minimum Gasteiger partial charge on any atom is -0.479 e. The zero-order valence-electron chi connectivity index (χ0n) is 19.5. The van der Waals surface area contributed by atoms with Crippen molar-refractivity contribution < 1.29 is 27.9 Å². The predicted molar refractivity (Wildman–Crippen MR) is 128 cm³/mol. The van der Waals surface area contributed by atoms with E-state index in [0.717, 1.165) is 19.3 Å². The fraction of sp³-hybridized carbons (Fsp3) is 0.667. The van der Waals surface area contributed by atoms with Crippen LogP contribution in [0.2, 0.25) is 0 Å². The number of carbonyl (C=O) groups excluding carboxylic acids is 1. The van der Waals surface area contributed by atoms with Crippen molar-refractivity contribution in [3.8, 4) is 0 Å². The highest BCUT2D eigenvalue weighted by atomic mass is 32.2. The molecule has 0 saturated heterocycles. The number of anilines is 1. The van der Waals surface area contributed by atoms with Crippen LogP contribution in [0.4, 0.5) is 5.69 Å². The number of hydrogen-bond donors (Lipinski definition) is 2. The van der Waals surface area contributed by atoms with Gasteiger partial charge in [0, 0.05) is 18.5 Å². The third-order valence-corrected chi connectivity index (χ3v) is 7.08. The minimum absolute atomic E-state index is 0.238. The van der Waals surface area contributed by atoms with Crippen LogP contribution in [0, 0.1) is 0 Å². The number of esters is 1. The number of sulfone groups is 1. The highest BCUT2D eigenvalue weighted by Gasteiger charge is 2.20. The van der Waals surface area contributed by atoms with Crippen LogP contribution in [0.25, 0.3) is 0 Å². The van der Waals surface area contributed by atoms with Gasteiger partial charge in [-0.15, -0.1) is 0 Å². The zero-order valence-corrected chi connectivity index (χ0v) is 20.3. The number of aliphatic carboxylic acids is 1. The van der Waals surface area contributed by atoms with Crippen molar-refractivity contribution >= 4 is 27.5 Å². The van der Waals surface area contributed by atoms with E-state index in [1.807, 2.05) is 0 Å². The van der Waals surface area contributed by atoms with Gasteiger partial charge in [0.1, 0.15) is 0 Å². The summed E-state index contributed by atoms with van der Waals surface area (Å²) in [5.74, 6) is -1.93. The van der Waals surface area contributed by atoms with Gasteiger partial charge in [-0.25, -0.2) is 18.0 Å². The second-order valence-corrected chi connectivity index (χ2v) is 10.7. The molecule has 1 aromatic rings. The highest BCUT2D eigenvalue weighted by Crippen LogP contribution is 2.16. The molecule has 32 heavy (non-hydrogen) atoms. The fourth-order valence-corrected chi connectivity index (χ4v) is 4.47. The molecule has 0 heterocycles. The highest BCUT2D eigenvalue weighted by molar-refractivity contribution is 7.91. The van der Waals surface area contributed by atoms with Crippen LogP contribution >= 0.6 is 0 Å². The molecule has 1 aromatic carbocycles. The second kappa shape index (κ2) is 15.7. The molecule has 2 N–H and O–H groups in total. The molecule has 0 aromatic heterocycles. The Kier molecular flexibility index (Phi) is 13.7. The van der Waals surface area contributed by atoms with Crippen LogP contribution in [0.5, 0.6) is 0 Å². The van der Waals surface area contributed by atoms with Crippen molar-refractivity contribution in [1.29, 1.82) is 0 Å². The van der Waals surface area contributed by atoms with Crippen molar-refractivity contribution in [2.45, 2.75) is 82.8 Å². The Morgan fingerprint density at radius 2 is 1.47 bits per heavy atom. The van der Waals surface area contributed by atoms with E-state index in [4.69, 9.17) is 5.11 Å². The van der Waals surface area contributed by atoms with Gasteiger partial charge in [-0.2, -0.15) is 0 Å². The maximum Gasteiger partial charge on any atom is 0.341 e. The zero-order chi connectivity index (χ0) is 23.8. The molecule has 8 heteroatoms. The van der Waals surface area contributed by atoms with E-state index in [1.165, 1.54) is 63.3 Å². The van der Waals surface area contributed by atoms with Gasteiger partial charge in [0.25, 0.3) is 0 Å². The summed E-state index contributed by atoms with van der Waals surface area (Å²) in [6, 6.07) is 6.34. The molecule has 0 aliphatic rings. The fourth-order valence-electron chi connectivity index (χ4n) is 3.49. The normalized spacial score (nSPS) is 12.3. The Morgan fingerprint density at radius 1 is 0.938 bits per heavy atom. The van der Waals surface area contributed by atoms with E-state index >= 15 is 0 Å². The third-order valence-electron chi connectivity index (χ3n) is 5.47. The van der Waals surface area contributed by atoms with E-state index in [0.29, 0.717) is 18.7 Å². The van der Waals surface area contributed by atoms with Gasteiger partial charge in [-0.1, -0.05) is 71.1 Å². The van der Waals surface area contributed by atoms with Crippen LogP contribution in [-0.2, 0) is 19.4 Å². The van der Waals surface area contributed by atoms with E-state index in [-0.39, 0.29) is 5.56 Å². The van der Waals surface area contributed by atoms with Crippen LogP contribution in [0.3, 0.4) is 0 Å². The van der Waals surface area contributed by atoms with Gasteiger partial charge in [-0.05, 0) is 30.7 Å². The number of hydrogen-bond acceptors (Lipinski definition) is 6. The van der Waals surface area contributed by atoms with E-state index in [1.54, 1.807) is 12.1 Å². The Morgan fingerprint density at radius 3 is 1.97 bits per heavy atom. The molecule has 0 amide bonds. The summed E-state index contributed by atoms with van der Waals surface area (Å²) < 4.78 is 29.0. The molecule has 1 atom stereocenters. The van der Waals surface area contributed by atoms with Crippen molar-refractivity contribution in [2.24, 2.45) is 0 Å². The predicted octanol–water partition coefficient (Wildman–Crippen LogP) is 5.06. The molecule has 0 saturated carbocycles. The van der Waals surface area contributed by atoms with Gasteiger partial charge < -0.3 is 15.2 Å². The van der Waals surface area contributed by atoms with Gasteiger partial charge in [0.15, 0.2) is 16.4 Å². The van der Waals surface area contributed by atoms with Crippen molar-refractivity contribution in [3.63, 3.8) is 0 Å². The first-order valence-electron chi connectivity index (χ1n) is 11.7. The van der Waals surface area contributed by atoms with Gasteiger partial charge in [0.2, 0.25) is 0 Å². The van der Waals surface area contributed by atoms with Crippen molar-refractivity contribution in [3.05, 3.63) is 29.8 Å². The topological polar surface area (TPSA) is 110 Å². The average molecular weight is 470 g/mol. The second-order valence-electron chi connectivity index (χ2n) is 8.35. The summed E-state index contributed by atoms with van der Waals surface area (Å²) >= 11 is 0. The molecule has 7 nitrogen and oxygen atoms in total. The number of carboxylic acid groups (broad SMARTS) is 1. The number of unbranched alkanes of at least 4 members (excludes halogenated alkanes) is 9. The Hall–Kier alpha value is -2.09.